The highest BCUT2D eigenvalue weighted by molar-refractivity contribution is 7.17. The number of carboxylic acid groups (broad SMARTS) is 1. The molecule has 0 aliphatic heterocycles. The van der Waals surface area contributed by atoms with Crippen molar-refractivity contribution in [2.24, 2.45) is 0 Å². The van der Waals surface area contributed by atoms with Gasteiger partial charge in [-0.15, -0.1) is 11.3 Å². The molecule has 1 heterocycles. The Morgan fingerprint density at radius 3 is 2.50 bits per heavy atom. The number of benzene rings is 1. The van der Waals surface area contributed by atoms with Crippen molar-refractivity contribution in [3.05, 3.63) is 47.1 Å². The summed E-state index contributed by atoms with van der Waals surface area (Å²) in [5.74, 6) is -1.29. The van der Waals surface area contributed by atoms with Crippen molar-refractivity contribution in [3.63, 3.8) is 0 Å². The highest BCUT2D eigenvalue weighted by atomic mass is 32.1. The van der Waals surface area contributed by atoms with Crippen molar-refractivity contribution in [1.82, 2.24) is 5.32 Å². The van der Waals surface area contributed by atoms with Crippen LogP contribution in [-0.4, -0.2) is 23.5 Å². The van der Waals surface area contributed by atoms with Gasteiger partial charge in [-0.2, -0.15) is 0 Å². The highest BCUT2D eigenvalue weighted by Gasteiger charge is 2.10. The molecule has 0 spiro atoms. The largest absolute Gasteiger partial charge is 0.481 e. The Bertz CT molecular complexity index is 652. The molecule has 0 saturated heterocycles. The van der Waals surface area contributed by atoms with Crippen LogP contribution in [0.15, 0.2) is 36.4 Å². The molecule has 1 aromatic heterocycles. The minimum absolute atomic E-state index is 0.115. The van der Waals surface area contributed by atoms with Gasteiger partial charge in [0.2, 0.25) is 0 Å². The molecule has 0 saturated carbocycles. The Kier molecular flexibility index (Phi) is 5.66. The molecule has 0 unspecified atom stereocenters. The van der Waals surface area contributed by atoms with Gasteiger partial charge < -0.3 is 10.4 Å². The van der Waals surface area contributed by atoms with E-state index in [1.165, 1.54) is 23.5 Å². The zero-order valence-corrected chi connectivity index (χ0v) is 12.7. The lowest BCUT2D eigenvalue weighted by atomic mass is 10.2. The molecule has 4 nitrogen and oxygen atoms in total. The van der Waals surface area contributed by atoms with Gasteiger partial charge >= 0.3 is 5.97 Å². The molecular weight excluding hydrogens is 305 g/mol. The summed E-state index contributed by atoms with van der Waals surface area (Å²) < 4.78 is 12.9. The third kappa shape index (κ3) is 4.66. The molecule has 2 N–H and O–H groups in total. The number of amides is 1. The lowest BCUT2D eigenvalue weighted by molar-refractivity contribution is -0.137. The smallest absolute Gasteiger partial charge is 0.303 e. The van der Waals surface area contributed by atoms with Gasteiger partial charge in [-0.1, -0.05) is 12.1 Å². The second kappa shape index (κ2) is 7.70. The van der Waals surface area contributed by atoms with E-state index in [-0.39, 0.29) is 18.1 Å². The SMILES string of the molecule is O=C(O)CCCCNC(=O)c1ccc(-c2ccc(F)cc2)s1. The van der Waals surface area contributed by atoms with Crippen molar-refractivity contribution in [2.45, 2.75) is 19.3 Å². The van der Waals surface area contributed by atoms with E-state index < -0.39 is 5.97 Å². The van der Waals surface area contributed by atoms with E-state index >= 15 is 0 Å². The van der Waals surface area contributed by atoms with E-state index in [2.05, 4.69) is 5.32 Å². The average molecular weight is 321 g/mol. The monoisotopic (exact) mass is 321 g/mol. The van der Waals surface area contributed by atoms with Crippen molar-refractivity contribution >= 4 is 23.2 Å². The van der Waals surface area contributed by atoms with Gasteiger partial charge in [0.15, 0.2) is 0 Å². The lowest BCUT2D eigenvalue weighted by Gasteiger charge is -2.02. The number of hydrogen-bond acceptors (Lipinski definition) is 3. The number of hydrogen-bond donors (Lipinski definition) is 2. The summed E-state index contributed by atoms with van der Waals surface area (Å²) >= 11 is 1.34. The van der Waals surface area contributed by atoms with Crippen LogP contribution in [0.5, 0.6) is 0 Å². The summed E-state index contributed by atoms with van der Waals surface area (Å²) in [5.41, 5.74) is 0.868. The molecule has 0 bridgehead atoms. The second-order valence-electron chi connectivity index (χ2n) is 4.78. The second-order valence-corrected chi connectivity index (χ2v) is 5.86. The van der Waals surface area contributed by atoms with Crippen molar-refractivity contribution < 1.29 is 19.1 Å². The Balaban J connectivity index is 1.86. The number of halogens is 1. The van der Waals surface area contributed by atoms with Crippen LogP contribution in [0.2, 0.25) is 0 Å². The predicted molar refractivity (Wildman–Crippen MR) is 83.5 cm³/mol. The van der Waals surface area contributed by atoms with E-state index in [4.69, 9.17) is 5.11 Å². The van der Waals surface area contributed by atoms with Crippen LogP contribution < -0.4 is 5.32 Å². The Morgan fingerprint density at radius 1 is 1.09 bits per heavy atom. The molecule has 0 aliphatic rings. The molecule has 0 atom stereocenters. The maximum Gasteiger partial charge on any atom is 0.303 e. The molecule has 116 valence electrons. The molecule has 22 heavy (non-hydrogen) atoms. The molecular formula is C16H16FNO3S. The fraction of sp³-hybridized carbons (Fsp3) is 0.250. The van der Waals surface area contributed by atoms with Crippen LogP contribution in [0.25, 0.3) is 10.4 Å². The standard InChI is InChI=1S/C16H16FNO3S/c17-12-6-4-11(5-7-12)13-8-9-14(22-13)16(21)18-10-2-1-3-15(19)20/h4-9H,1-3,10H2,(H,18,21)(H,19,20). The van der Waals surface area contributed by atoms with Gasteiger partial charge in [0, 0.05) is 17.8 Å². The first-order valence-corrected chi connectivity index (χ1v) is 7.73. The van der Waals surface area contributed by atoms with Crippen LogP contribution in [0, 0.1) is 5.82 Å². The average Bonchev–Trinajstić information content (AvgIpc) is 2.97. The predicted octanol–water partition coefficient (Wildman–Crippen LogP) is 3.54. The first-order valence-electron chi connectivity index (χ1n) is 6.92. The van der Waals surface area contributed by atoms with E-state index in [0.29, 0.717) is 24.3 Å². The summed E-state index contributed by atoms with van der Waals surface area (Å²) in [7, 11) is 0. The van der Waals surface area contributed by atoms with Gasteiger partial charge in [0.05, 0.1) is 4.88 Å². The van der Waals surface area contributed by atoms with Crippen molar-refractivity contribution in [1.29, 1.82) is 0 Å². The summed E-state index contributed by atoms with van der Waals surface area (Å²) in [5, 5.41) is 11.3. The van der Waals surface area contributed by atoms with Crippen LogP contribution >= 0.6 is 11.3 Å². The van der Waals surface area contributed by atoms with E-state index in [9.17, 15) is 14.0 Å². The third-order valence-electron chi connectivity index (χ3n) is 3.06. The molecule has 6 heteroatoms. The highest BCUT2D eigenvalue weighted by Crippen LogP contribution is 2.28. The normalized spacial score (nSPS) is 10.4. The number of carbonyl (C=O) groups excluding carboxylic acids is 1. The number of carboxylic acids is 1. The topological polar surface area (TPSA) is 66.4 Å². The van der Waals surface area contributed by atoms with Gasteiger partial charge in [-0.05, 0) is 42.7 Å². The number of rotatable bonds is 7. The summed E-state index contributed by atoms with van der Waals surface area (Å²) in [6.45, 7) is 0.454. The Morgan fingerprint density at radius 2 is 1.82 bits per heavy atom. The summed E-state index contributed by atoms with van der Waals surface area (Å²) in [6.07, 6.45) is 1.29. The molecule has 1 amide bonds. The number of nitrogens with one attached hydrogen (secondary N) is 1. The molecule has 0 aliphatic carbocycles. The van der Waals surface area contributed by atoms with Gasteiger partial charge in [-0.25, -0.2) is 4.39 Å². The van der Waals surface area contributed by atoms with Crippen LogP contribution in [0.1, 0.15) is 28.9 Å². The maximum atomic E-state index is 12.9. The molecule has 0 radical (unpaired) electrons. The fourth-order valence-electron chi connectivity index (χ4n) is 1.92. The van der Waals surface area contributed by atoms with E-state index in [0.717, 1.165) is 10.4 Å². The quantitative estimate of drug-likeness (QED) is 0.767. The van der Waals surface area contributed by atoms with Gasteiger partial charge in [0.1, 0.15) is 5.82 Å². The summed E-state index contributed by atoms with van der Waals surface area (Å²) in [6, 6.07) is 9.69. The number of carbonyl (C=O) groups is 2. The number of aliphatic carboxylic acids is 1. The Labute approximate surface area is 131 Å². The summed E-state index contributed by atoms with van der Waals surface area (Å²) in [4.78, 5) is 23.8. The van der Waals surface area contributed by atoms with Crippen LogP contribution in [-0.2, 0) is 4.79 Å². The van der Waals surface area contributed by atoms with E-state index in [1.807, 2.05) is 6.07 Å². The van der Waals surface area contributed by atoms with Gasteiger partial charge in [-0.3, -0.25) is 9.59 Å². The first kappa shape index (κ1) is 16.2. The number of unbranched alkanes of at least 4 members (excludes halogenated alkanes) is 1. The maximum absolute atomic E-state index is 12.9. The fourth-order valence-corrected chi connectivity index (χ4v) is 2.85. The lowest BCUT2D eigenvalue weighted by Crippen LogP contribution is -2.23. The zero-order valence-electron chi connectivity index (χ0n) is 11.8. The number of thiophene rings is 1. The first-order chi connectivity index (χ1) is 10.6. The molecule has 0 fully saturated rings. The van der Waals surface area contributed by atoms with Crippen molar-refractivity contribution in [3.8, 4) is 10.4 Å². The molecule has 2 rings (SSSR count). The molecule has 2 aromatic rings. The molecule has 1 aromatic carbocycles. The Hall–Kier alpha value is -2.21. The van der Waals surface area contributed by atoms with Gasteiger partial charge in [0.25, 0.3) is 5.91 Å². The van der Waals surface area contributed by atoms with Crippen molar-refractivity contribution in [2.75, 3.05) is 6.54 Å². The zero-order chi connectivity index (χ0) is 15.9. The van der Waals surface area contributed by atoms with E-state index in [1.54, 1.807) is 18.2 Å². The van der Waals surface area contributed by atoms with Crippen LogP contribution in [0.4, 0.5) is 4.39 Å². The third-order valence-corrected chi connectivity index (χ3v) is 4.19. The minimum atomic E-state index is -0.825. The van der Waals surface area contributed by atoms with Crippen LogP contribution in [0.3, 0.4) is 0 Å². The minimum Gasteiger partial charge on any atom is -0.481 e.